The van der Waals surface area contributed by atoms with E-state index < -0.39 is 10.0 Å². The molecule has 0 radical (unpaired) electrons. The zero-order valence-corrected chi connectivity index (χ0v) is 11.8. The van der Waals surface area contributed by atoms with Crippen LogP contribution in [0.15, 0.2) is 6.33 Å². The topological polar surface area (TPSA) is 84.4 Å². The van der Waals surface area contributed by atoms with Crippen LogP contribution in [0, 0.1) is 6.92 Å². The Kier molecular flexibility index (Phi) is 4.85. The summed E-state index contributed by atoms with van der Waals surface area (Å²) >= 11 is 0. The molecule has 0 unspecified atom stereocenters. The minimum absolute atomic E-state index is 0.00571. The Morgan fingerprint density at radius 2 is 2.06 bits per heavy atom. The van der Waals surface area contributed by atoms with E-state index in [9.17, 15) is 8.42 Å². The average molecular weight is 274 g/mol. The maximum Gasteiger partial charge on any atom is 0.221 e. The number of hydrogen-bond acceptors (Lipinski definition) is 6. The molecule has 0 aromatic carbocycles. The summed E-state index contributed by atoms with van der Waals surface area (Å²) in [7, 11) is 1.34. The van der Waals surface area contributed by atoms with E-state index in [1.807, 2.05) is 6.92 Å². The van der Waals surface area contributed by atoms with Crippen molar-refractivity contribution in [3.8, 4) is 5.88 Å². The molecular formula is C10H18N4O3S. The summed E-state index contributed by atoms with van der Waals surface area (Å²) in [6, 6.07) is 0. The van der Waals surface area contributed by atoms with E-state index in [1.54, 1.807) is 0 Å². The first-order valence-electron chi connectivity index (χ1n) is 5.38. The van der Waals surface area contributed by atoms with Gasteiger partial charge in [-0.1, -0.05) is 0 Å². The van der Waals surface area contributed by atoms with Gasteiger partial charge in [0.2, 0.25) is 15.9 Å². The van der Waals surface area contributed by atoms with Crippen molar-refractivity contribution in [2.75, 3.05) is 38.8 Å². The van der Waals surface area contributed by atoms with Crippen LogP contribution in [0.3, 0.4) is 0 Å². The van der Waals surface area contributed by atoms with Gasteiger partial charge in [0, 0.05) is 20.6 Å². The molecule has 0 bridgehead atoms. The van der Waals surface area contributed by atoms with Gasteiger partial charge in [-0.25, -0.2) is 22.7 Å². The second-order valence-corrected chi connectivity index (χ2v) is 6.18. The summed E-state index contributed by atoms with van der Waals surface area (Å²) < 4.78 is 29.4. The molecule has 18 heavy (non-hydrogen) atoms. The van der Waals surface area contributed by atoms with Crippen molar-refractivity contribution in [1.82, 2.24) is 14.3 Å². The highest BCUT2D eigenvalue weighted by Gasteiger charge is 2.13. The molecule has 0 aliphatic rings. The normalized spacial score (nSPS) is 11.6. The average Bonchev–Trinajstić information content (AvgIpc) is 2.31. The van der Waals surface area contributed by atoms with Gasteiger partial charge in [0.25, 0.3) is 0 Å². The summed E-state index contributed by atoms with van der Waals surface area (Å²) in [5.74, 6) is 1.06. The highest BCUT2D eigenvalue weighted by molar-refractivity contribution is 7.89. The molecule has 0 spiro atoms. The number of anilines is 1. The zero-order valence-electron chi connectivity index (χ0n) is 11.0. The smallest absolute Gasteiger partial charge is 0.221 e. The molecule has 0 atom stereocenters. The van der Waals surface area contributed by atoms with Crippen LogP contribution in [-0.2, 0) is 10.0 Å². The Morgan fingerprint density at radius 3 is 2.61 bits per heavy atom. The summed E-state index contributed by atoms with van der Waals surface area (Å²) in [6.07, 6.45) is 1.37. The largest absolute Gasteiger partial charge is 0.481 e. The van der Waals surface area contributed by atoms with E-state index in [4.69, 9.17) is 4.74 Å². The lowest BCUT2D eigenvalue weighted by Gasteiger charge is -2.13. The highest BCUT2D eigenvalue weighted by atomic mass is 32.2. The van der Waals surface area contributed by atoms with Crippen molar-refractivity contribution in [2.45, 2.75) is 6.92 Å². The summed E-state index contributed by atoms with van der Waals surface area (Å²) in [5, 5.41) is 2.96. The number of aromatic nitrogens is 2. The first-order valence-corrected chi connectivity index (χ1v) is 6.99. The van der Waals surface area contributed by atoms with Crippen LogP contribution in [0.5, 0.6) is 5.88 Å². The first kappa shape index (κ1) is 14.7. The number of rotatable bonds is 6. The lowest BCUT2D eigenvalue weighted by Crippen LogP contribution is -2.28. The standard InChI is InChI=1S/C10H18N4O3S/c1-8-9(12-7-13-10(8)17-4)11-5-6-18(15,16)14(2)3/h7H,5-6H2,1-4H3,(H,11,12,13). The molecule has 0 aliphatic heterocycles. The Bertz CT molecular complexity index is 502. The van der Waals surface area contributed by atoms with E-state index >= 15 is 0 Å². The lowest BCUT2D eigenvalue weighted by atomic mass is 10.3. The highest BCUT2D eigenvalue weighted by Crippen LogP contribution is 2.19. The SMILES string of the molecule is COc1ncnc(NCCS(=O)(=O)N(C)C)c1C. The minimum atomic E-state index is -3.20. The summed E-state index contributed by atoms with van der Waals surface area (Å²) in [5.41, 5.74) is 0.752. The molecule has 1 aromatic rings. The number of methoxy groups -OCH3 is 1. The maximum atomic E-state index is 11.6. The molecule has 0 fully saturated rings. The second kappa shape index (κ2) is 5.96. The lowest BCUT2D eigenvalue weighted by molar-refractivity contribution is 0.393. The fourth-order valence-corrected chi connectivity index (χ4v) is 2.02. The molecule has 1 N–H and O–H groups in total. The van der Waals surface area contributed by atoms with Crippen LogP contribution < -0.4 is 10.1 Å². The van der Waals surface area contributed by atoms with Crippen molar-refractivity contribution in [3.05, 3.63) is 11.9 Å². The van der Waals surface area contributed by atoms with E-state index in [2.05, 4.69) is 15.3 Å². The minimum Gasteiger partial charge on any atom is -0.481 e. The van der Waals surface area contributed by atoms with Crippen LogP contribution >= 0.6 is 0 Å². The third-order valence-corrected chi connectivity index (χ3v) is 4.27. The van der Waals surface area contributed by atoms with Crippen molar-refractivity contribution >= 4 is 15.8 Å². The molecule has 0 amide bonds. The molecule has 8 heteroatoms. The van der Waals surface area contributed by atoms with Gasteiger partial charge in [-0.15, -0.1) is 0 Å². The fourth-order valence-electron chi connectivity index (χ4n) is 1.30. The predicted molar refractivity (Wildman–Crippen MR) is 69.3 cm³/mol. The number of ether oxygens (including phenoxy) is 1. The van der Waals surface area contributed by atoms with Crippen LogP contribution in [-0.4, -0.2) is 56.2 Å². The molecule has 1 rings (SSSR count). The van der Waals surface area contributed by atoms with Gasteiger partial charge < -0.3 is 10.1 Å². The quantitative estimate of drug-likeness (QED) is 0.792. The molecule has 0 saturated heterocycles. The van der Waals surface area contributed by atoms with Gasteiger partial charge in [-0.05, 0) is 6.92 Å². The monoisotopic (exact) mass is 274 g/mol. The van der Waals surface area contributed by atoms with Gasteiger partial charge >= 0.3 is 0 Å². The van der Waals surface area contributed by atoms with E-state index in [-0.39, 0.29) is 12.3 Å². The molecule has 102 valence electrons. The van der Waals surface area contributed by atoms with E-state index in [0.29, 0.717) is 11.7 Å². The van der Waals surface area contributed by atoms with Gasteiger partial charge in [0.1, 0.15) is 12.1 Å². The molecule has 1 aromatic heterocycles. The third kappa shape index (κ3) is 3.54. The second-order valence-electron chi connectivity index (χ2n) is 3.88. The Labute approximate surface area is 107 Å². The third-order valence-electron chi connectivity index (χ3n) is 2.44. The molecular weight excluding hydrogens is 256 g/mol. The zero-order chi connectivity index (χ0) is 13.8. The first-order chi connectivity index (χ1) is 8.38. The number of nitrogens with one attached hydrogen (secondary N) is 1. The molecule has 0 aliphatic carbocycles. The van der Waals surface area contributed by atoms with Crippen molar-refractivity contribution in [3.63, 3.8) is 0 Å². The summed E-state index contributed by atoms with van der Waals surface area (Å²) in [6.45, 7) is 2.09. The maximum absolute atomic E-state index is 11.6. The van der Waals surface area contributed by atoms with Crippen LogP contribution in [0.2, 0.25) is 0 Å². The fraction of sp³-hybridized carbons (Fsp3) is 0.600. The number of nitrogens with zero attached hydrogens (tertiary/aromatic N) is 3. The Morgan fingerprint density at radius 1 is 1.39 bits per heavy atom. The van der Waals surface area contributed by atoms with E-state index in [1.165, 1.54) is 31.8 Å². The van der Waals surface area contributed by atoms with Crippen molar-refractivity contribution in [2.24, 2.45) is 0 Å². The van der Waals surface area contributed by atoms with Gasteiger partial charge in [-0.3, -0.25) is 0 Å². The van der Waals surface area contributed by atoms with E-state index in [0.717, 1.165) is 5.56 Å². The molecule has 1 heterocycles. The Balaban J connectivity index is 2.65. The number of hydrogen-bond donors (Lipinski definition) is 1. The van der Waals surface area contributed by atoms with Crippen molar-refractivity contribution < 1.29 is 13.2 Å². The molecule has 7 nitrogen and oxygen atoms in total. The summed E-state index contributed by atoms with van der Waals surface area (Å²) in [4.78, 5) is 7.98. The van der Waals surface area contributed by atoms with Crippen LogP contribution in [0.1, 0.15) is 5.56 Å². The van der Waals surface area contributed by atoms with Crippen molar-refractivity contribution in [1.29, 1.82) is 0 Å². The van der Waals surface area contributed by atoms with Gasteiger partial charge in [-0.2, -0.15) is 0 Å². The molecule has 0 saturated carbocycles. The predicted octanol–water partition coefficient (Wildman–Crippen LogP) is 0.0969. The van der Waals surface area contributed by atoms with Crippen LogP contribution in [0.25, 0.3) is 0 Å². The Hall–Kier alpha value is -1.41. The van der Waals surface area contributed by atoms with Gasteiger partial charge in [0.15, 0.2) is 0 Å². The van der Waals surface area contributed by atoms with Gasteiger partial charge in [0.05, 0.1) is 18.4 Å². The van der Waals surface area contributed by atoms with Crippen LogP contribution in [0.4, 0.5) is 5.82 Å². The number of sulfonamides is 1.